The number of phenolic OH excluding ortho intramolecular Hbond substituents is 2. The Morgan fingerprint density at radius 1 is 0.893 bits per heavy atom. The molecule has 2 heterocycles. The third-order valence-electron chi connectivity index (χ3n) is 4.34. The molecule has 28 heavy (non-hydrogen) atoms. The number of hydrogen-bond acceptors (Lipinski definition) is 3. The molecule has 0 spiro atoms. The molecule has 0 aliphatic heterocycles. The minimum Gasteiger partial charge on any atom is -0.507 e. The predicted octanol–water partition coefficient (Wildman–Crippen LogP) is 5.24. The van der Waals surface area contributed by atoms with Crippen LogP contribution in [0.15, 0.2) is 60.8 Å². The van der Waals surface area contributed by atoms with E-state index >= 15 is 0 Å². The third-order valence-corrected chi connectivity index (χ3v) is 4.34. The molecule has 2 aromatic carbocycles. The molecule has 0 unspecified atom stereocenters. The minimum atomic E-state index is -4.60. The van der Waals surface area contributed by atoms with Crippen LogP contribution in [0.3, 0.4) is 0 Å². The standard InChI is InChI=1S/C20H12F4N2O2/c21-13-4-3-6-15(27)17(13)19-25-18(14-5-1-2-9-26(14)19)12-8-7-11(10-16(12)28)20(22,23)24/h1-10,27-28H. The maximum Gasteiger partial charge on any atom is 0.416 e. The van der Waals surface area contributed by atoms with Crippen molar-refractivity contribution < 1.29 is 27.8 Å². The fourth-order valence-electron chi connectivity index (χ4n) is 3.05. The molecule has 0 amide bonds. The molecule has 0 atom stereocenters. The Morgan fingerprint density at radius 3 is 2.36 bits per heavy atom. The molecule has 0 saturated heterocycles. The van der Waals surface area contributed by atoms with Crippen LogP contribution in [0.4, 0.5) is 17.6 Å². The van der Waals surface area contributed by atoms with Gasteiger partial charge in [0.1, 0.15) is 23.0 Å². The zero-order chi connectivity index (χ0) is 20.1. The van der Waals surface area contributed by atoms with Crippen molar-refractivity contribution in [1.82, 2.24) is 9.38 Å². The monoisotopic (exact) mass is 388 g/mol. The Morgan fingerprint density at radius 2 is 1.68 bits per heavy atom. The van der Waals surface area contributed by atoms with E-state index in [1.54, 1.807) is 24.4 Å². The summed E-state index contributed by atoms with van der Waals surface area (Å²) in [6.45, 7) is 0. The lowest BCUT2D eigenvalue weighted by atomic mass is 10.1. The second-order valence-electron chi connectivity index (χ2n) is 6.10. The lowest BCUT2D eigenvalue weighted by molar-refractivity contribution is -0.137. The van der Waals surface area contributed by atoms with Gasteiger partial charge in [-0.05, 0) is 42.5 Å². The van der Waals surface area contributed by atoms with Gasteiger partial charge in [0.15, 0.2) is 5.82 Å². The molecular weight excluding hydrogens is 376 g/mol. The van der Waals surface area contributed by atoms with Gasteiger partial charge in [0, 0.05) is 11.8 Å². The molecular formula is C20H12F4N2O2. The van der Waals surface area contributed by atoms with Gasteiger partial charge in [0.2, 0.25) is 0 Å². The van der Waals surface area contributed by atoms with Crippen molar-refractivity contribution in [3.8, 4) is 34.1 Å². The summed E-state index contributed by atoms with van der Waals surface area (Å²) in [5, 5.41) is 20.3. The predicted molar refractivity (Wildman–Crippen MR) is 94.4 cm³/mol. The number of phenols is 2. The van der Waals surface area contributed by atoms with Crippen molar-refractivity contribution in [1.29, 1.82) is 0 Å². The zero-order valence-electron chi connectivity index (χ0n) is 14.1. The van der Waals surface area contributed by atoms with E-state index in [0.717, 1.165) is 18.2 Å². The Balaban J connectivity index is 1.98. The van der Waals surface area contributed by atoms with Crippen molar-refractivity contribution in [3.05, 3.63) is 72.2 Å². The number of imidazole rings is 1. The first kappa shape index (κ1) is 17.8. The Labute approximate surface area is 155 Å². The van der Waals surface area contributed by atoms with Crippen LogP contribution in [0.25, 0.3) is 28.2 Å². The highest BCUT2D eigenvalue weighted by atomic mass is 19.4. The lowest BCUT2D eigenvalue weighted by Gasteiger charge is -2.09. The number of fused-ring (bicyclic) bond motifs is 1. The summed E-state index contributed by atoms with van der Waals surface area (Å²) in [6.07, 6.45) is -3.02. The van der Waals surface area contributed by atoms with E-state index in [1.165, 1.54) is 16.5 Å². The zero-order valence-corrected chi connectivity index (χ0v) is 14.1. The van der Waals surface area contributed by atoms with Crippen LogP contribution >= 0.6 is 0 Å². The molecule has 8 heteroatoms. The molecule has 0 aliphatic carbocycles. The van der Waals surface area contributed by atoms with Gasteiger partial charge < -0.3 is 10.2 Å². The van der Waals surface area contributed by atoms with Crippen LogP contribution in [0.2, 0.25) is 0 Å². The summed E-state index contributed by atoms with van der Waals surface area (Å²) < 4.78 is 54.4. The molecule has 0 bridgehead atoms. The number of aromatic hydroxyl groups is 2. The minimum absolute atomic E-state index is 0.0544. The topological polar surface area (TPSA) is 57.8 Å². The van der Waals surface area contributed by atoms with Gasteiger partial charge in [-0.3, -0.25) is 4.40 Å². The summed E-state index contributed by atoms with van der Waals surface area (Å²) in [5.74, 6) is -1.60. The molecule has 4 nitrogen and oxygen atoms in total. The summed E-state index contributed by atoms with van der Waals surface area (Å²) in [5.41, 5.74) is -0.510. The quantitative estimate of drug-likeness (QED) is 0.462. The van der Waals surface area contributed by atoms with Crippen LogP contribution in [0.5, 0.6) is 11.5 Å². The average Bonchev–Trinajstić information content (AvgIpc) is 3.00. The van der Waals surface area contributed by atoms with Crippen molar-refractivity contribution in [2.24, 2.45) is 0 Å². The van der Waals surface area contributed by atoms with Crippen LogP contribution in [-0.2, 0) is 6.18 Å². The number of benzene rings is 2. The van der Waals surface area contributed by atoms with E-state index in [-0.39, 0.29) is 28.4 Å². The molecule has 4 rings (SSSR count). The van der Waals surface area contributed by atoms with E-state index < -0.39 is 23.3 Å². The fourth-order valence-corrected chi connectivity index (χ4v) is 3.05. The highest BCUT2D eigenvalue weighted by molar-refractivity contribution is 5.85. The molecule has 0 saturated carbocycles. The van der Waals surface area contributed by atoms with E-state index in [9.17, 15) is 27.8 Å². The van der Waals surface area contributed by atoms with E-state index in [2.05, 4.69) is 4.98 Å². The number of alkyl halides is 3. The highest BCUT2D eigenvalue weighted by Gasteiger charge is 2.31. The number of halogens is 4. The van der Waals surface area contributed by atoms with Crippen LogP contribution in [0.1, 0.15) is 5.56 Å². The van der Waals surface area contributed by atoms with E-state index in [1.807, 2.05) is 0 Å². The van der Waals surface area contributed by atoms with Crippen molar-refractivity contribution in [2.45, 2.75) is 6.18 Å². The molecule has 0 fully saturated rings. The summed E-state index contributed by atoms with van der Waals surface area (Å²) in [7, 11) is 0. The lowest BCUT2D eigenvalue weighted by Crippen LogP contribution is -2.04. The first-order valence-corrected chi connectivity index (χ1v) is 8.13. The van der Waals surface area contributed by atoms with Gasteiger partial charge in [-0.25, -0.2) is 9.37 Å². The van der Waals surface area contributed by atoms with Crippen molar-refractivity contribution >= 4 is 5.52 Å². The first-order valence-electron chi connectivity index (χ1n) is 8.13. The van der Waals surface area contributed by atoms with Gasteiger partial charge in [-0.2, -0.15) is 13.2 Å². The Hall–Kier alpha value is -3.55. The number of pyridine rings is 1. The smallest absolute Gasteiger partial charge is 0.416 e. The number of hydrogen-bond donors (Lipinski definition) is 2. The molecule has 0 radical (unpaired) electrons. The maximum atomic E-state index is 14.4. The van der Waals surface area contributed by atoms with E-state index in [0.29, 0.717) is 11.6 Å². The summed E-state index contributed by atoms with van der Waals surface area (Å²) >= 11 is 0. The van der Waals surface area contributed by atoms with Crippen molar-refractivity contribution in [2.75, 3.05) is 0 Å². The Kier molecular flexibility index (Phi) is 3.99. The van der Waals surface area contributed by atoms with E-state index in [4.69, 9.17) is 0 Å². The van der Waals surface area contributed by atoms with Crippen LogP contribution < -0.4 is 0 Å². The second kappa shape index (κ2) is 6.26. The fraction of sp³-hybridized carbons (Fsp3) is 0.0500. The van der Waals surface area contributed by atoms with Gasteiger partial charge in [-0.1, -0.05) is 12.1 Å². The average molecular weight is 388 g/mol. The highest BCUT2D eigenvalue weighted by Crippen LogP contribution is 2.40. The summed E-state index contributed by atoms with van der Waals surface area (Å²) in [4.78, 5) is 4.33. The normalized spacial score (nSPS) is 11.9. The number of aromatic nitrogens is 2. The van der Waals surface area contributed by atoms with Gasteiger partial charge in [0.05, 0.1) is 16.6 Å². The Bertz CT molecular complexity index is 1180. The molecule has 2 N–H and O–H groups in total. The molecule has 2 aromatic heterocycles. The molecule has 4 aromatic rings. The van der Waals surface area contributed by atoms with Crippen LogP contribution in [-0.4, -0.2) is 19.6 Å². The van der Waals surface area contributed by atoms with Crippen LogP contribution in [0, 0.1) is 5.82 Å². The number of rotatable bonds is 2. The first-order chi connectivity index (χ1) is 13.3. The SMILES string of the molecule is Oc1cc(C(F)(F)F)ccc1-c1nc(-c2c(O)cccc2F)n2ccccc12. The van der Waals surface area contributed by atoms with Gasteiger partial charge >= 0.3 is 6.18 Å². The maximum absolute atomic E-state index is 14.4. The largest absolute Gasteiger partial charge is 0.507 e. The molecule has 0 aliphatic rings. The van der Waals surface area contributed by atoms with Gasteiger partial charge in [-0.15, -0.1) is 0 Å². The molecule has 142 valence electrons. The third kappa shape index (κ3) is 2.83. The van der Waals surface area contributed by atoms with Gasteiger partial charge in [0.25, 0.3) is 0 Å². The summed E-state index contributed by atoms with van der Waals surface area (Å²) in [6, 6.07) is 11.3. The number of nitrogens with zero attached hydrogens (tertiary/aromatic N) is 2. The van der Waals surface area contributed by atoms with Crippen molar-refractivity contribution in [3.63, 3.8) is 0 Å². The second-order valence-corrected chi connectivity index (χ2v) is 6.10.